The van der Waals surface area contributed by atoms with Gasteiger partial charge in [-0.05, 0) is 36.1 Å². The molecule has 1 aromatic carbocycles. The van der Waals surface area contributed by atoms with Crippen molar-refractivity contribution in [1.82, 2.24) is 0 Å². The molecule has 0 radical (unpaired) electrons. The number of hydrogen-bond acceptors (Lipinski definition) is 4. The molecule has 106 valence electrons. The Hall–Kier alpha value is -1.75. The SMILES string of the molecule is CCc1cc(OC)c(OC)cc1C(N)CCC(=O)O. The maximum Gasteiger partial charge on any atom is 0.303 e. The van der Waals surface area contributed by atoms with Gasteiger partial charge >= 0.3 is 5.97 Å². The van der Waals surface area contributed by atoms with Crippen LogP contribution < -0.4 is 15.2 Å². The molecule has 0 saturated heterocycles. The lowest BCUT2D eigenvalue weighted by Crippen LogP contribution is -2.14. The first-order valence-electron chi connectivity index (χ1n) is 6.25. The summed E-state index contributed by atoms with van der Waals surface area (Å²) in [4.78, 5) is 10.6. The van der Waals surface area contributed by atoms with Crippen molar-refractivity contribution < 1.29 is 19.4 Å². The minimum absolute atomic E-state index is 0.0542. The lowest BCUT2D eigenvalue weighted by atomic mass is 9.95. The molecule has 5 heteroatoms. The van der Waals surface area contributed by atoms with Crippen LogP contribution in [0.3, 0.4) is 0 Å². The molecule has 0 heterocycles. The standard InChI is InChI=1S/C14H21NO4/c1-4-9-7-12(18-2)13(19-3)8-10(9)11(15)5-6-14(16)17/h7-8,11H,4-6,15H2,1-3H3,(H,16,17). The van der Waals surface area contributed by atoms with E-state index in [1.54, 1.807) is 14.2 Å². The van der Waals surface area contributed by atoms with Crippen molar-refractivity contribution in [3.63, 3.8) is 0 Å². The maximum absolute atomic E-state index is 10.6. The van der Waals surface area contributed by atoms with E-state index in [0.29, 0.717) is 17.9 Å². The summed E-state index contributed by atoms with van der Waals surface area (Å²) in [6.07, 6.45) is 1.26. The second-order valence-corrected chi connectivity index (χ2v) is 4.30. The van der Waals surface area contributed by atoms with Gasteiger partial charge in [-0.15, -0.1) is 0 Å². The molecule has 0 saturated carbocycles. The van der Waals surface area contributed by atoms with E-state index in [4.69, 9.17) is 20.3 Å². The summed E-state index contributed by atoms with van der Waals surface area (Å²) in [5.74, 6) is 0.433. The van der Waals surface area contributed by atoms with Gasteiger partial charge in [-0.1, -0.05) is 6.92 Å². The van der Waals surface area contributed by atoms with Crippen molar-refractivity contribution in [2.45, 2.75) is 32.2 Å². The van der Waals surface area contributed by atoms with E-state index >= 15 is 0 Å². The van der Waals surface area contributed by atoms with Gasteiger partial charge in [0.25, 0.3) is 0 Å². The van der Waals surface area contributed by atoms with Gasteiger partial charge in [0, 0.05) is 12.5 Å². The van der Waals surface area contributed by atoms with E-state index in [2.05, 4.69) is 0 Å². The Bertz CT molecular complexity index is 445. The van der Waals surface area contributed by atoms with Crippen molar-refractivity contribution >= 4 is 5.97 Å². The van der Waals surface area contributed by atoms with Gasteiger partial charge in [0.1, 0.15) is 0 Å². The van der Waals surface area contributed by atoms with Crippen molar-refractivity contribution in [3.8, 4) is 11.5 Å². The van der Waals surface area contributed by atoms with Crippen molar-refractivity contribution in [2.75, 3.05) is 14.2 Å². The summed E-state index contributed by atoms with van der Waals surface area (Å²) in [5.41, 5.74) is 8.04. The fraction of sp³-hybridized carbons (Fsp3) is 0.500. The molecule has 0 fully saturated rings. The Labute approximate surface area is 113 Å². The molecule has 0 spiro atoms. The molecular weight excluding hydrogens is 246 g/mol. The second kappa shape index (κ2) is 6.99. The van der Waals surface area contributed by atoms with Crippen LogP contribution in [0, 0.1) is 0 Å². The number of methoxy groups -OCH3 is 2. The van der Waals surface area contributed by atoms with Gasteiger partial charge < -0.3 is 20.3 Å². The number of aryl methyl sites for hydroxylation is 1. The summed E-state index contributed by atoms with van der Waals surface area (Å²) >= 11 is 0. The highest BCUT2D eigenvalue weighted by atomic mass is 16.5. The summed E-state index contributed by atoms with van der Waals surface area (Å²) in [5, 5.41) is 8.72. The zero-order valence-electron chi connectivity index (χ0n) is 11.6. The lowest BCUT2D eigenvalue weighted by molar-refractivity contribution is -0.137. The van der Waals surface area contributed by atoms with Gasteiger partial charge in [-0.25, -0.2) is 0 Å². The molecule has 5 nitrogen and oxygen atoms in total. The molecule has 0 aromatic heterocycles. The third-order valence-electron chi connectivity index (χ3n) is 3.09. The molecule has 19 heavy (non-hydrogen) atoms. The number of rotatable bonds is 7. The molecule has 1 atom stereocenters. The summed E-state index contributed by atoms with van der Waals surface area (Å²) < 4.78 is 10.5. The second-order valence-electron chi connectivity index (χ2n) is 4.30. The minimum atomic E-state index is -0.839. The van der Waals surface area contributed by atoms with E-state index in [-0.39, 0.29) is 12.5 Å². The zero-order chi connectivity index (χ0) is 14.4. The number of nitrogens with two attached hydrogens (primary N) is 1. The number of ether oxygens (including phenoxy) is 2. The molecule has 0 bridgehead atoms. The van der Waals surface area contributed by atoms with Crippen molar-refractivity contribution in [2.24, 2.45) is 5.73 Å². The fourth-order valence-electron chi connectivity index (χ4n) is 2.02. The minimum Gasteiger partial charge on any atom is -0.493 e. The number of carbonyl (C=O) groups is 1. The van der Waals surface area contributed by atoms with Crippen LogP contribution in [0.5, 0.6) is 11.5 Å². The average Bonchev–Trinajstić information content (AvgIpc) is 2.42. The van der Waals surface area contributed by atoms with Crippen LogP contribution in [0.2, 0.25) is 0 Å². The average molecular weight is 267 g/mol. The Kier molecular flexibility index (Phi) is 5.63. The van der Waals surface area contributed by atoms with Crippen LogP contribution in [0.1, 0.15) is 36.9 Å². The molecule has 1 unspecified atom stereocenters. The molecule has 0 aliphatic rings. The van der Waals surface area contributed by atoms with E-state index in [1.165, 1.54) is 0 Å². The summed E-state index contributed by atoms with van der Waals surface area (Å²) in [6, 6.07) is 3.42. The number of carboxylic acid groups (broad SMARTS) is 1. The van der Waals surface area contributed by atoms with Crippen LogP contribution in [0.25, 0.3) is 0 Å². The fourth-order valence-corrected chi connectivity index (χ4v) is 2.02. The normalized spacial score (nSPS) is 12.0. The number of benzene rings is 1. The molecule has 1 aromatic rings. The van der Waals surface area contributed by atoms with E-state index in [0.717, 1.165) is 17.5 Å². The van der Waals surface area contributed by atoms with Crippen LogP contribution in [-0.4, -0.2) is 25.3 Å². The number of carboxylic acids is 1. The first-order valence-corrected chi connectivity index (χ1v) is 6.25. The quantitative estimate of drug-likeness (QED) is 0.791. The summed E-state index contributed by atoms with van der Waals surface area (Å²) in [6.45, 7) is 2.02. The highest BCUT2D eigenvalue weighted by molar-refractivity contribution is 5.66. The van der Waals surface area contributed by atoms with Crippen LogP contribution in [0.4, 0.5) is 0 Å². The van der Waals surface area contributed by atoms with Gasteiger partial charge in [-0.3, -0.25) is 4.79 Å². The van der Waals surface area contributed by atoms with E-state index in [1.807, 2.05) is 19.1 Å². The molecule has 1 rings (SSSR count). The highest BCUT2D eigenvalue weighted by Gasteiger charge is 2.16. The first kappa shape index (κ1) is 15.3. The largest absolute Gasteiger partial charge is 0.493 e. The first-order chi connectivity index (χ1) is 9.03. The van der Waals surface area contributed by atoms with E-state index in [9.17, 15) is 4.79 Å². The Morgan fingerprint density at radius 3 is 2.37 bits per heavy atom. The molecule has 0 aliphatic carbocycles. The van der Waals surface area contributed by atoms with Crippen LogP contribution in [0.15, 0.2) is 12.1 Å². The smallest absolute Gasteiger partial charge is 0.303 e. The maximum atomic E-state index is 10.6. The van der Waals surface area contributed by atoms with E-state index < -0.39 is 5.97 Å². The van der Waals surface area contributed by atoms with Gasteiger partial charge in [0.15, 0.2) is 11.5 Å². The molecule has 3 N–H and O–H groups in total. The molecule has 0 amide bonds. The topological polar surface area (TPSA) is 81.8 Å². The van der Waals surface area contributed by atoms with Gasteiger partial charge in [-0.2, -0.15) is 0 Å². The van der Waals surface area contributed by atoms with Crippen molar-refractivity contribution in [3.05, 3.63) is 23.3 Å². The monoisotopic (exact) mass is 267 g/mol. The van der Waals surface area contributed by atoms with Gasteiger partial charge in [0.05, 0.1) is 14.2 Å². The predicted molar refractivity (Wildman–Crippen MR) is 72.7 cm³/mol. The molecule has 0 aliphatic heterocycles. The Morgan fingerprint density at radius 1 is 1.32 bits per heavy atom. The van der Waals surface area contributed by atoms with Crippen molar-refractivity contribution in [1.29, 1.82) is 0 Å². The number of aliphatic carboxylic acids is 1. The lowest BCUT2D eigenvalue weighted by Gasteiger charge is -2.18. The Morgan fingerprint density at radius 2 is 1.89 bits per heavy atom. The Balaban J connectivity index is 3.06. The summed E-state index contributed by atoms with van der Waals surface area (Å²) in [7, 11) is 3.15. The predicted octanol–water partition coefficient (Wildman–Crippen LogP) is 2.13. The van der Waals surface area contributed by atoms with Crippen LogP contribution >= 0.6 is 0 Å². The molecular formula is C14H21NO4. The zero-order valence-corrected chi connectivity index (χ0v) is 11.6. The van der Waals surface area contributed by atoms with Gasteiger partial charge in [0.2, 0.25) is 0 Å². The number of hydrogen-bond donors (Lipinski definition) is 2. The highest BCUT2D eigenvalue weighted by Crippen LogP contribution is 2.34. The third kappa shape index (κ3) is 3.86. The van der Waals surface area contributed by atoms with Crippen LogP contribution in [-0.2, 0) is 11.2 Å². The third-order valence-corrected chi connectivity index (χ3v) is 3.09.